The van der Waals surface area contributed by atoms with E-state index in [2.05, 4.69) is 67.9 Å². The van der Waals surface area contributed by atoms with Gasteiger partial charge in [-0.15, -0.1) is 0 Å². The highest BCUT2D eigenvalue weighted by Crippen LogP contribution is 2.28. The third-order valence-electron chi connectivity index (χ3n) is 5.11. The van der Waals surface area contributed by atoms with Gasteiger partial charge >= 0.3 is 0 Å². The van der Waals surface area contributed by atoms with E-state index in [1.54, 1.807) is 13.0 Å². The minimum Gasteiger partial charge on any atom is -0.360 e. The highest BCUT2D eigenvalue weighted by Gasteiger charge is 2.27. The van der Waals surface area contributed by atoms with Crippen LogP contribution in [0, 0.1) is 6.92 Å². The van der Waals surface area contributed by atoms with Crippen LogP contribution >= 0.6 is 0 Å². The van der Waals surface area contributed by atoms with Gasteiger partial charge in [0, 0.05) is 49.1 Å². The van der Waals surface area contributed by atoms with Gasteiger partial charge in [0.2, 0.25) is 5.91 Å². The minimum absolute atomic E-state index is 0.0446. The number of hydrogen-bond donors (Lipinski definition) is 1. The second kappa shape index (κ2) is 8.34. The number of anilines is 2. The Bertz CT molecular complexity index is 854. The molecule has 1 fully saturated rings. The molecule has 0 atom stereocenters. The quantitative estimate of drug-likeness (QED) is 0.822. The smallest absolute Gasteiger partial charge is 0.239 e. The van der Waals surface area contributed by atoms with E-state index in [4.69, 9.17) is 14.5 Å². The Morgan fingerprint density at radius 1 is 1.03 bits per heavy atom. The van der Waals surface area contributed by atoms with Crippen molar-refractivity contribution in [2.75, 3.05) is 42.9 Å². The zero-order chi connectivity index (χ0) is 22.1. The molecule has 2 aromatic rings. The summed E-state index contributed by atoms with van der Waals surface area (Å²) in [4.78, 5) is 26.5. The Hall–Kier alpha value is -2.48. The first-order valence-electron chi connectivity index (χ1n) is 10.5. The first-order chi connectivity index (χ1) is 13.9. The van der Waals surface area contributed by atoms with E-state index < -0.39 is 0 Å². The van der Waals surface area contributed by atoms with Crippen LogP contribution in [0.4, 0.5) is 11.6 Å². The van der Waals surface area contributed by atoms with Crippen LogP contribution in [0.3, 0.4) is 0 Å². The van der Waals surface area contributed by atoms with Crippen molar-refractivity contribution >= 4 is 17.5 Å². The molecule has 30 heavy (non-hydrogen) atoms. The van der Waals surface area contributed by atoms with E-state index in [1.807, 2.05) is 0 Å². The molecule has 8 nitrogen and oxygen atoms in total. The number of nitrogens with one attached hydrogen (secondary N) is 1. The summed E-state index contributed by atoms with van der Waals surface area (Å²) in [6.07, 6.45) is 0. The molecule has 1 N–H and O–H groups in total. The van der Waals surface area contributed by atoms with Crippen LogP contribution in [0.25, 0.3) is 0 Å². The summed E-state index contributed by atoms with van der Waals surface area (Å²) in [7, 11) is 0. The van der Waals surface area contributed by atoms with Crippen molar-refractivity contribution in [1.29, 1.82) is 0 Å². The SMILES string of the molecule is Cc1cc(NC(=O)CN2CCN(c3cc(C(C)(C)C)nc(C(C)(C)C)n3)CC2)no1. The van der Waals surface area contributed by atoms with Crippen molar-refractivity contribution in [2.24, 2.45) is 0 Å². The number of aryl methyl sites for hydroxylation is 1. The summed E-state index contributed by atoms with van der Waals surface area (Å²) in [6, 6.07) is 3.83. The number of piperazine rings is 1. The molecule has 0 bridgehead atoms. The van der Waals surface area contributed by atoms with E-state index in [0.717, 1.165) is 43.5 Å². The molecule has 3 rings (SSSR count). The molecule has 0 spiro atoms. The van der Waals surface area contributed by atoms with Crippen LogP contribution in [0.5, 0.6) is 0 Å². The van der Waals surface area contributed by atoms with Gasteiger partial charge in [-0.05, 0) is 6.92 Å². The predicted molar refractivity (Wildman–Crippen MR) is 118 cm³/mol. The van der Waals surface area contributed by atoms with Crippen molar-refractivity contribution < 1.29 is 9.32 Å². The topological polar surface area (TPSA) is 87.4 Å². The van der Waals surface area contributed by atoms with Crippen LogP contribution < -0.4 is 10.2 Å². The lowest BCUT2D eigenvalue weighted by atomic mass is 9.90. The van der Waals surface area contributed by atoms with Gasteiger partial charge in [-0.25, -0.2) is 9.97 Å². The number of rotatable bonds is 4. The Labute approximate surface area is 179 Å². The summed E-state index contributed by atoms with van der Waals surface area (Å²) in [5.74, 6) is 2.90. The molecular formula is C22H34N6O2. The lowest BCUT2D eigenvalue weighted by Gasteiger charge is -2.36. The zero-order valence-corrected chi connectivity index (χ0v) is 19.2. The number of nitrogens with zero attached hydrogens (tertiary/aromatic N) is 5. The number of hydrogen-bond acceptors (Lipinski definition) is 7. The van der Waals surface area contributed by atoms with Crippen LogP contribution in [0.2, 0.25) is 0 Å². The number of carbonyl (C=O) groups excluding carboxylic acids is 1. The van der Waals surface area contributed by atoms with Gasteiger partial charge < -0.3 is 14.7 Å². The third-order valence-corrected chi connectivity index (χ3v) is 5.11. The van der Waals surface area contributed by atoms with E-state index in [9.17, 15) is 4.79 Å². The molecular weight excluding hydrogens is 380 g/mol. The summed E-state index contributed by atoms with van der Waals surface area (Å²) in [6.45, 7) is 18.3. The maximum atomic E-state index is 12.3. The average Bonchev–Trinajstić information content (AvgIpc) is 3.05. The van der Waals surface area contributed by atoms with E-state index in [-0.39, 0.29) is 16.7 Å². The molecule has 1 saturated heterocycles. The van der Waals surface area contributed by atoms with Crippen molar-refractivity contribution in [2.45, 2.75) is 59.3 Å². The van der Waals surface area contributed by atoms with Gasteiger partial charge in [-0.2, -0.15) is 0 Å². The second-order valence-corrected chi connectivity index (χ2v) is 10.1. The highest BCUT2D eigenvalue weighted by molar-refractivity contribution is 5.91. The Kier molecular flexibility index (Phi) is 6.17. The predicted octanol–water partition coefficient (Wildman–Crippen LogP) is 3.13. The molecule has 1 amide bonds. The van der Waals surface area contributed by atoms with Crippen LogP contribution in [-0.4, -0.2) is 58.7 Å². The molecule has 0 radical (unpaired) electrons. The van der Waals surface area contributed by atoms with Gasteiger partial charge in [0.15, 0.2) is 5.82 Å². The summed E-state index contributed by atoms with van der Waals surface area (Å²) >= 11 is 0. The number of aromatic nitrogens is 3. The molecule has 0 unspecified atom stereocenters. The number of carbonyl (C=O) groups is 1. The van der Waals surface area contributed by atoms with E-state index in [0.29, 0.717) is 18.1 Å². The molecule has 0 aromatic carbocycles. The summed E-state index contributed by atoms with van der Waals surface area (Å²) in [5, 5.41) is 6.59. The second-order valence-electron chi connectivity index (χ2n) is 10.1. The normalized spacial score (nSPS) is 16.0. The fourth-order valence-corrected chi connectivity index (χ4v) is 3.26. The largest absolute Gasteiger partial charge is 0.360 e. The minimum atomic E-state index is -0.116. The van der Waals surface area contributed by atoms with E-state index in [1.165, 1.54) is 0 Å². The fourth-order valence-electron chi connectivity index (χ4n) is 3.26. The zero-order valence-electron chi connectivity index (χ0n) is 19.2. The molecule has 0 saturated carbocycles. The maximum Gasteiger partial charge on any atom is 0.239 e. The monoisotopic (exact) mass is 414 g/mol. The maximum absolute atomic E-state index is 12.3. The molecule has 1 aliphatic heterocycles. The Morgan fingerprint density at radius 2 is 1.70 bits per heavy atom. The third kappa shape index (κ3) is 5.56. The van der Waals surface area contributed by atoms with Crippen molar-refractivity contribution in [3.05, 3.63) is 29.4 Å². The fraction of sp³-hybridized carbons (Fsp3) is 0.636. The van der Waals surface area contributed by atoms with Gasteiger partial charge in [0.1, 0.15) is 17.4 Å². The van der Waals surface area contributed by atoms with Crippen molar-refractivity contribution in [1.82, 2.24) is 20.0 Å². The van der Waals surface area contributed by atoms with Gasteiger partial charge in [-0.1, -0.05) is 46.7 Å². The molecule has 0 aliphatic carbocycles. The lowest BCUT2D eigenvalue weighted by molar-refractivity contribution is -0.117. The van der Waals surface area contributed by atoms with Gasteiger partial charge in [0.25, 0.3) is 0 Å². The first kappa shape index (κ1) is 22.2. The highest BCUT2D eigenvalue weighted by atomic mass is 16.5. The Morgan fingerprint density at radius 3 is 2.23 bits per heavy atom. The van der Waals surface area contributed by atoms with Crippen molar-refractivity contribution in [3.8, 4) is 0 Å². The molecule has 164 valence electrons. The van der Waals surface area contributed by atoms with Gasteiger partial charge in [0.05, 0.1) is 12.2 Å². The summed E-state index contributed by atoms with van der Waals surface area (Å²) < 4.78 is 4.99. The molecule has 8 heteroatoms. The molecule has 1 aliphatic rings. The Balaban J connectivity index is 1.64. The first-order valence-corrected chi connectivity index (χ1v) is 10.5. The lowest BCUT2D eigenvalue weighted by Crippen LogP contribution is -2.49. The summed E-state index contributed by atoms with van der Waals surface area (Å²) in [5.41, 5.74) is 0.897. The van der Waals surface area contributed by atoms with Crippen LogP contribution in [-0.2, 0) is 15.6 Å². The molecule has 3 heterocycles. The average molecular weight is 415 g/mol. The van der Waals surface area contributed by atoms with Gasteiger partial charge in [-0.3, -0.25) is 9.69 Å². The van der Waals surface area contributed by atoms with E-state index >= 15 is 0 Å². The van der Waals surface area contributed by atoms with Crippen LogP contribution in [0.1, 0.15) is 58.8 Å². The molecule has 2 aromatic heterocycles. The number of amides is 1. The van der Waals surface area contributed by atoms with Crippen LogP contribution in [0.15, 0.2) is 16.7 Å². The standard InChI is InChI=1S/C22H34N6O2/c1-15-12-17(26-30-15)24-19(29)14-27-8-10-28(11-9-27)18-13-16(21(2,3)4)23-20(25-18)22(5,6)7/h12-13H,8-11,14H2,1-7H3,(H,24,26,29). The van der Waals surface area contributed by atoms with Crippen molar-refractivity contribution in [3.63, 3.8) is 0 Å².